The Balaban J connectivity index is 0.000000129. The fraction of sp³-hybridized carbons (Fsp3) is 0.0930. The van der Waals surface area contributed by atoms with Gasteiger partial charge in [-0.2, -0.15) is 0 Å². The molecule has 0 spiro atoms. The Morgan fingerprint density at radius 1 is 0.547 bits per heavy atom. The van der Waals surface area contributed by atoms with E-state index in [-0.39, 0.29) is 0 Å². The van der Waals surface area contributed by atoms with Gasteiger partial charge in [0, 0.05) is 21.5 Å². The lowest BCUT2D eigenvalue weighted by Crippen LogP contribution is -2.27. The molecule has 10 heteroatoms. The summed E-state index contributed by atoms with van der Waals surface area (Å²) in [7, 11) is 0. The number of nitrogen functional groups attached to an aromatic ring is 1. The van der Waals surface area contributed by atoms with E-state index in [1.165, 1.54) is 21.8 Å². The van der Waals surface area contributed by atoms with Gasteiger partial charge in [0.05, 0.1) is 66.5 Å². The summed E-state index contributed by atoms with van der Waals surface area (Å²) in [4.78, 5) is 22.3. The molecule has 0 fully saturated rings. The summed E-state index contributed by atoms with van der Waals surface area (Å²) in [6.45, 7) is 5.56. The minimum atomic E-state index is -0.570. The van der Waals surface area contributed by atoms with Crippen molar-refractivity contribution in [2.45, 2.75) is 26.4 Å². The van der Waals surface area contributed by atoms with Crippen LogP contribution in [-0.4, -0.2) is 39.3 Å². The van der Waals surface area contributed by atoms with Crippen LogP contribution in [0.25, 0.3) is 88.3 Å². The van der Waals surface area contributed by atoms with E-state index in [2.05, 4.69) is 95.7 Å². The molecular weight excluding hydrogens is 661 g/mol. The molecule has 0 aliphatic carbocycles. The van der Waals surface area contributed by atoms with Gasteiger partial charge in [0.15, 0.2) is 0 Å². The second-order valence-electron chi connectivity index (χ2n) is 14.6. The molecule has 6 aromatic heterocycles. The van der Waals surface area contributed by atoms with E-state index < -0.39 is 11.7 Å². The van der Waals surface area contributed by atoms with Crippen molar-refractivity contribution in [3.63, 3.8) is 0 Å². The lowest BCUT2D eigenvalue weighted by atomic mass is 10.1. The molecule has 0 aliphatic rings. The van der Waals surface area contributed by atoms with Gasteiger partial charge >= 0.3 is 6.09 Å². The minimum Gasteiger partial charge on any atom is -0.444 e. The summed E-state index contributed by atoms with van der Waals surface area (Å²) in [5.74, 6) is 1.75. The Morgan fingerprint density at radius 3 is 1.57 bits per heavy atom. The summed E-state index contributed by atoms with van der Waals surface area (Å²) in [5, 5.41) is 7.55. The zero-order valence-electron chi connectivity index (χ0n) is 29.1. The number of anilines is 2. The van der Waals surface area contributed by atoms with Crippen LogP contribution in [0, 0.1) is 0 Å². The number of rotatable bonds is 1. The number of carbonyl (C=O) groups is 1. The van der Waals surface area contributed by atoms with Gasteiger partial charge < -0.3 is 10.5 Å². The van der Waals surface area contributed by atoms with Crippen LogP contribution in [0.4, 0.5) is 16.2 Å². The summed E-state index contributed by atoms with van der Waals surface area (Å²) in [6.07, 6.45) is -0.472. The summed E-state index contributed by atoms with van der Waals surface area (Å²) < 4.78 is 14.2. The molecule has 12 aromatic rings. The first-order valence-corrected chi connectivity index (χ1v) is 17.6. The number of hydrogen-bond donors (Lipinski definition) is 2. The highest BCUT2D eigenvalue weighted by atomic mass is 16.6. The Labute approximate surface area is 300 Å². The smallest absolute Gasteiger partial charge is 0.412 e. The topological polar surface area (TPSA) is 108 Å². The zero-order chi connectivity index (χ0) is 35.7. The van der Waals surface area contributed by atoms with Crippen LogP contribution in [-0.2, 0) is 4.74 Å². The Kier molecular flexibility index (Phi) is 5.74. The quantitative estimate of drug-likeness (QED) is 0.167. The van der Waals surface area contributed by atoms with Crippen LogP contribution in [0.3, 0.4) is 0 Å². The number of fused-ring (bicyclic) bond motifs is 16. The molecule has 6 aromatic carbocycles. The average Bonchev–Trinajstić information content (AvgIpc) is 3.97. The van der Waals surface area contributed by atoms with Gasteiger partial charge in [0.25, 0.3) is 0 Å². The molecule has 12 rings (SSSR count). The van der Waals surface area contributed by atoms with E-state index >= 15 is 0 Å². The van der Waals surface area contributed by atoms with Crippen molar-refractivity contribution in [2.24, 2.45) is 0 Å². The van der Waals surface area contributed by atoms with Crippen LogP contribution in [0.2, 0.25) is 0 Å². The second kappa shape index (κ2) is 10.3. The van der Waals surface area contributed by atoms with E-state index in [9.17, 15) is 4.79 Å². The first-order chi connectivity index (χ1) is 25.8. The minimum absolute atomic E-state index is 0.472. The molecule has 10 nitrogen and oxygen atoms in total. The van der Waals surface area contributed by atoms with Crippen molar-refractivity contribution in [3.8, 4) is 0 Å². The lowest BCUT2D eigenvalue weighted by molar-refractivity contribution is 0.0636. The van der Waals surface area contributed by atoms with Crippen molar-refractivity contribution in [3.05, 3.63) is 121 Å². The van der Waals surface area contributed by atoms with Gasteiger partial charge in [-0.15, -0.1) is 0 Å². The SMILES string of the molecule is CC(C)(C)OC(=O)Nc1cccc2c3cccc4c3n(c12)c1nc2ccccc2n41.Nc1cccc2c3cccc4c3n(c12)c1nc2ccccc2n41. The van der Waals surface area contributed by atoms with Crippen molar-refractivity contribution in [1.82, 2.24) is 27.6 Å². The van der Waals surface area contributed by atoms with E-state index in [0.717, 1.165) is 72.1 Å². The molecule has 0 saturated heterocycles. The third-order valence-electron chi connectivity index (χ3n) is 10.2. The number of hydrogen-bond acceptors (Lipinski definition) is 5. The van der Waals surface area contributed by atoms with Gasteiger partial charge in [-0.05, 0) is 69.3 Å². The fourth-order valence-electron chi connectivity index (χ4n) is 8.30. The van der Waals surface area contributed by atoms with Gasteiger partial charge in [0.1, 0.15) is 5.60 Å². The molecule has 1 amide bonds. The molecule has 0 aliphatic heterocycles. The number of amides is 1. The standard InChI is InChI=1S/C24H20N4O2.C19H12N4/c1-24(2,3)30-23(29)26-17-11-6-8-14-15-9-7-13-19-21(15)28(20(14)17)22-25-16-10-4-5-12-18(16)27(19)22;20-13-7-3-5-11-12-6-4-10-16-18(12)23(17(11)13)19-21-14-8-1-2-9-15(14)22(16)19/h4-13H,1-3H3,(H,26,29);1-10H,20H2. The third-order valence-corrected chi connectivity index (χ3v) is 10.2. The van der Waals surface area contributed by atoms with Crippen molar-refractivity contribution >= 4 is 106 Å². The molecule has 0 atom stereocenters. The van der Waals surface area contributed by atoms with Crippen molar-refractivity contribution in [2.75, 3.05) is 11.1 Å². The highest BCUT2D eigenvalue weighted by Gasteiger charge is 2.24. The maximum atomic E-state index is 12.5. The number of nitrogens with one attached hydrogen (secondary N) is 1. The third kappa shape index (κ3) is 4.00. The summed E-state index contributed by atoms with van der Waals surface area (Å²) in [6, 6.07) is 41.1. The lowest BCUT2D eigenvalue weighted by Gasteiger charge is -2.19. The maximum Gasteiger partial charge on any atom is 0.412 e. The van der Waals surface area contributed by atoms with Crippen molar-refractivity contribution < 1.29 is 9.53 Å². The normalized spacial score (nSPS) is 12.6. The van der Waals surface area contributed by atoms with Crippen LogP contribution in [0.5, 0.6) is 0 Å². The number of para-hydroxylation sites is 8. The molecule has 0 bridgehead atoms. The van der Waals surface area contributed by atoms with E-state index in [1.807, 2.05) is 69.3 Å². The van der Waals surface area contributed by atoms with Gasteiger partial charge in [-0.1, -0.05) is 72.8 Å². The van der Waals surface area contributed by atoms with Gasteiger partial charge in [-0.25, -0.2) is 14.8 Å². The Morgan fingerprint density at radius 2 is 1.00 bits per heavy atom. The highest BCUT2D eigenvalue weighted by molar-refractivity contribution is 6.20. The van der Waals surface area contributed by atoms with Gasteiger partial charge in [-0.3, -0.25) is 22.9 Å². The summed E-state index contributed by atoms with van der Waals surface area (Å²) in [5.41, 5.74) is 17.9. The molecular formula is C43H32N8O2. The highest BCUT2D eigenvalue weighted by Crippen LogP contribution is 2.40. The number of nitrogens with zero attached hydrogens (tertiary/aromatic N) is 6. The number of aromatic nitrogens is 6. The number of nitrogens with two attached hydrogens (primary N) is 1. The second-order valence-corrected chi connectivity index (χ2v) is 14.6. The largest absolute Gasteiger partial charge is 0.444 e. The fourth-order valence-corrected chi connectivity index (χ4v) is 8.30. The van der Waals surface area contributed by atoms with Crippen LogP contribution < -0.4 is 11.1 Å². The maximum absolute atomic E-state index is 12.5. The van der Waals surface area contributed by atoms with Gasteiger partial charge in [0.2, 0.25) is 11.6 Å². The Bertz CT molecular complexity index is 3430. The molecule has 53 heavy (non-hydrogen) atoms. The molecule has 6 heterocycles. The van der Waals surface area contributed by atoms with Crippen molar-refractivity contribution in [1.29, 1.82) is 0 Å². The first-order valence-electron chi connectivity index (χ1n) is 17.6. The predicted molar refractivity (Wildman–Crippen MR) is 214 cm³/mol. The average molecular weight is 693 g/mol. The van der Waals surface area contributed by atoms with E-state index in [1.54, 1.807) is 0 Å². The summed E-state index contributed by atoms with van der Waals surface area (Å²) >= 11 is 0. The molecule has 0 radical (unpaired) electrons. The molecule has 0 saturated carbocycles. The van der Waals surface area contributed by atoms with Crippen LogP contribution in [0.15, 0.2) is 121 Å². The van der Waals surface area contributed by atoms with E-state index in [4.69, 9.17) is 20.4 Å². The number of benzene rings is 6. The molecule has 0 unspecified atom stereocenters. The zero-order valence-corrected chi connectivity index (χ0v) is 29.1. The van der Waals surface area contributed by atoms with E-state index in [0.29, 0.717) is 5.69 Å². The first kappa shape index (κ1) is 29.6. The number of carbonyl (C=O) groups excluding carboxylic acids is 1. The number of imidazole rings is 4. The Hall–Kier alpha value is -7.07. The number of ether oxygens (including phenoxy) is 1. The van der Waals surface area contributed by atoms with Crippen LogP contribution >= 0.6 is 0 Å². The molecule has 3 N–H and O–H groups in total. The van der Waals surface area contributed by atoms with Crippen LogP contribution in [0.1, 0.15) is 20.8 Å². The predicted octanol–water partition coefficient (Wildman–Crippen LogP) is 9.90. The monoisotopic (exact) mass is 692 g/mol. The molecule has 256 valence electrons.